The molecule has 0 aromatic carbocycles. The average Bonchev–Trinajstić information content (AvgIpc) is 3.42. The van der Waals surface area contributed by atoms with Crippen molar-refractivity contribution < 1.29 is 23.5 Å². The van der Waals surface area contributed by atoms with Gasteiger partial charge in [0.25, 0.3) is 5.91 Å². The second-order valence-electron chi connectivity index (χ2n) is 8.07. The standard InChI is InChI=1S/C23H24Cl2FN5O4S/c1-4-35-22(33)20-19(17-12(26)6-5-8-27-17)30-23(36-20)31-9-7-13(14(10-31)34-3)29-21(32)18-16(25)15(24)11(2)28-18/h5-6,8,13-14,28H,4,7,9-10H2,1-3H3,(H,29,32)/t13-,14+/m1/s1. The lowest BCUT2D eigenvalue weighted by Gasteiger charge is -2.37. The van der Waals surface area contributed by atoms with Crippen LogP contribution in [0.1, 0.15) is 39.2 Å². The molecular weight excluding hydrogens is 532 g/mol. The van der Waals surface area contributed by atoms with E-state index in [0.717, 1.165) is 11.3 Å². The number of esters is 1. The van der Waals surface area contributed by atoms with E-state index in [0.29, 0.717) is 35.4 Å². The van der Waals surface area contributed by atoms with Crippen LogP contribution >= 0.6 is 34.5 Å². The number of aromatic nitrogens is 3. The molecule has 0 radical (unpaired) electrons. The number of rotatable bonds is 7. The molecule has 1 amide bonds. The predicted molar refractivity (Wildman–Crippen MR) is 136 cm³/mol. The largest absolute Gasteiger partial charge is 0.462 e. The highest BCUT2D eigenvalue weighted by molar-refractivity contribution is 7.17. The van der Waals surface area contributed by atoms with Gasteiger partial charge in [-0.25, -0.2) is 14.2 Å². The van der Waals surface area contributed by atoms with E-state index in [1.807, 2.05) is 4.90 Å². The molecular formula is C23H24Cl2FN5O4S. The molecule has 13 heteroatoms. The number of methoxy groups -OCH3 is 1. The van der Waals surface area contributed by atoms with Crippen molar-refractivity contribution in [3.63, 3.8) is 0 Å². The van der Waals surface area contributed by atoms with Crippen LogP contribution in [0.5, 0.6) is 0 Å². The molecule has 192 valence electrons. The van der Waals surface area contributed by atoms with Gasteiger partial charge in [-0.1, -0.05) is 34.5 Å². The molecule has 0 saturated carbocycles. The monoisotopic (exact) mass is 555 g/mol. The molecule has 4 heterocycles. The van der Waals surface area contributed by atoms with Gasteiger partial charge in [0.2, 0.25) is 0 Å². The molecule has 0 aliphatic carbocycles. The Morgan fingerprint density at radius 1 is 1.33 bits per heavy atom. The highest BCUT2D eigenvalue weighted by atomic mass is 35.5. The van der Waals surface area contributed by atoms with Gasteiger partial charge in [-0.2, -0.15) is 0 Å². The van der Waals surface area contributed by atoms with Crippen molar-refractivity contribution in [1.29, 1.82) is 0 Å². The highest BCUT2D eigenvalue weighted by Gasteiger charge is 2.34. The number of aromatic amines is 1. The van der Waals surface area contributed by atoms with E-state index in [4.69, 9.17) is 32.7 Å². The number of hydrogen-bond donors (Lipinski definition) is 2. The Balaban J connectivity index is 1.55. The smallest absolute Gasteiger partial charge is 0.350 e. The summed E-state index contributed by atoms with van der Waals surface area (Å²) in [6, 6.07) is 2.42. The topological polar surface area (TPSA) is 109 Å². The van der Waals surface area contributed by atoms with E-state index >= 15 is 0 Å². The summed E-state index contributed by atoms with van der Waals surface area (Å²) in [4.78, 5) is 39.1. The van der Waals surface area contributed by atoms with Crippen molar-refractivity contribution in [2.75, 3.05) is 31.7 Å². The predicted octanol–water partition coefficient (Wildman–Crippen LogP) is 4.49. The first kappa shape index (κ1) is 26.3. The van der Waals surface area contributed by atoms with Crippen molar-refractivity contribution in [3.8, 4) is 11.4 Å². The van der Waals surface area contributed by atoms with Gasteiger partial charge in [0.1, 0.15) is 22.0 Å². The Morgan fingerprint density at radius 3 is 2.75 bits per heavy atom. The summed E-state index contributed by atoms with van der Waals surface area (Å²) in [6.45, 7) is 4.47. The summed E-state index contributed by atoms with van der Waals surface area (Å²) in [5.74, 6) is -1.57. The minimum Gasteiger partial charge on any atom is -0.462 e. The van der Waals surface area contributed by atoms with Crippen LogP contribution in [0.15, 0.2) is 18.3 Å². The minimum atomic E-state index is -0.594. The van der Waals surface area contributed by atoms with Gasteiger partial charge < -0.3 is 24.7 Å². The zero-order valence-corrected chi connectivity index (χ0v) is 22.1. The number of anilines is 1. The summed E-state index contributed by atoms with van der Waals surface area (Å²) in [5, 5.41) is 3.93. The Morgan fingerprint density at radius 2 is 2.11 bits per heavy atom. The molecule has 36 heavy (non-hydrogen) atoms. The minimum absolute atomic E-state index is 0.0229. The molecule has 3 aromatic heterocycles. The summed E-state index contributed by atoms with van der Waals surface area (Å²) in [7, 11) is 1.55. The van der Waals surface area contributed by atoms with E-state index in [-0.39, 0.29) is 45.5 Å². The van der Waals surface area contributed by atoms with Crippen LogP contribution in [-0.2, 0) is 9.47 Å². The SMILES string of the molecule is CCOC(=O)c1sc(N2CC[C@@H](NC(=O)c3[nH]c(C)c(Cl)c3Cl)[C@@H](OC)C2)nc1-c1ncccc1F. The van der Waals surface area contributed by atoms with Crippen molar-refractivity contribution in [2.24, 2.45) is 0 Å². The molecule has 2 N–H and O–H groups in total. The van der Waals surface area contributed by atoms with Crippen molar-refractivity contribution in [2.45, 2.75) is 32.4 Å². The molecule has 2 atom stereocenters. The maximum absolute atomic E-state index is 14.5. The Bertz CT molecular complexity index is 1280. The van der Waals surface area contributed by atoms with E-state index in [1.54, 1.807) is 21.0 Å². The van der Waals surface area contributed by atoms with E-state index in [1.165, 1.54) is 18.3 Å². The number of pyridine rings is 1. The van der Waals surface area contributed by atoms with Crippen LogP contribution in [-0.4, -0.2) is 65.8 Å². The second-order valence-corrected chi connectivity index (χ2v) is 9.80. The Hall–Kier alpha value is -2.73. The van der Waals surface area contributed by atoms with Crippen LogP contribution in [0, 0.1) is 12.7 Å². The molecule has 1 fully saturated rings. The third-order valence-corrected chi connectivity index (χ3v) is 7.83. The summed E-state index contributed by atoms with van der Waals surface area (Å²) < 4.78 is 25.3. The zero-order chi connectivity index (χ0) is 26.0. The summed E-state index contributed by atoms with van der Waals surface area (Å²) in [6.07, 6.45) is 1.57. The molecule has 9 nitrogen and oxygen atoms in total. The Kier molecular flexibility index (Phi) is 8.13. The molecule has 1 aliphatic rings. The fourth-order valence-corrected chi connectivity index (χ4v) is 5.37. The molecule has 0 spiro atoms. The van der Waals surface area contributed by atoms with Crippen LogP contribution in [0.4, 0.5) is 9.52 Å². The van der Waals surface area contributed by atoms with Gasteiger partial charge in [0, 0.05) is 32.1 Å². The second kappa shape index (κ2) is 11.1. The molecule has 0 unspecified atom stereocenters. The van der Waals surface area contributed by atoms with E-state index in [2.05, 4.69) is 20.3 Å². The van der Waals surface area contributed by atoms with Gasteiger partial charge in [-0.15, -0.1) is 0 Å². The lowest BCUT2D eigenvalue weighted by molar-refractivity contribution is 0.0531. The molecule has 1 aliphatic heterocycles. The van der Waals surface area contributed by atoms with Gasteiger partial charge >= 0.3 is 5.97 Å². The number of halogens is 3. The Labute approximate surface area is 220 Å². The number of carbonyl (C=O) groups is 2. The number of hydrogen-bond acceptors (Lipinski definition) is 8. The van der Waals surface area contributed by atoms with Gasteiger partial charge in [-0.3, -0.25) is 9.78 Å². The number of nitrogens with zero attached hydrogens (tertiary/aromatic N) is 3. The number of piperidine rings is 1. The van der Waals surface area contributed by atoms with E-state index < -0.39 is 17.9 Å². The number of aryl methyl sites for hydroxylation is 1. The number of ether oxygens (including phenoxy) is 2. The van der Waals surface area contributed by atoms with Crippen LogP contribution < -0.4 is 10.2 Å². The number of H-pyrrole nitrogens is 1. The van der Waals surface area contributed by atoms with Gasteiger partial charge in [0.05, 0.1) is 28.8 Å². The molecule has 3 aromatic rings. The number of amides is 1. The fourth-order valence-electron chi connectivity index (χ4n) is 3.96. The quantitative estimate of drug-likeness (QED) is 0.413. The van der Waals surface area contributed by atoms with Crippen LogP contribution in [0.2, 0.25) is 10.0 Å². The van der Waals surface area contributed by atoms with E-state index in [9.17, 15) is 14.0 Å². The maximum Gasteiger partial charge on any atom is 0.350 e. The van der Waals surface area contributed by atoms with Gasteiger partial charge in [0.15, 0.2) is 10.9 Å². The average molecular weight is 556 g/mol. The van der Waals surface area contributed by atoms with Crippen LogP contribution in [0.3, 0.4) is 0 Å². The van der Waals surface area contributed by atoms with Gasteiger partial charge in [-0.05, 0) is 32.4 Å². The lowest BCUT2D eigenvalue weighted by atomic mass is 10.0. The molecule has 1 saturated heterocycles. The molecule has 0 bridgehead atoms. The lowest BCUT2D eigenvalue weighted by Crippen LogP contribution is -2.55. The third kappa shape index (κ3) is 5.19. The zero-order valence-electron chi connectivity index (χ0n) is 19.7. The van der Waals surface area contributed by atoms with Crippen molar-refractivity contribution in [1.82, 2.24) is 20.3 Å². The maximum atomic E-state index is 14.5. The number of nitrogens with one attached hydrogen (secondary N) is 2. The first-order chi connectivity index (χ1) is 17.2. The first-order valence-corrected chi connectivity index (χ1v) is 12.7. The molecule has 4 rings (SSSR count). The summed E-state index contributed by atoms with van der Waals surface area (Å²) >= 11 is 13.4. The van der Waals surface area contributed by atoms with Crippen molar-refractivity contribution >= 4 is 51.5 Å². The van der Waals surface area contributed by atoms with Crippen LogP contribution in [0.25, 0.3) is 11.4 Å². The first-order valence-electron chi connectivity index (χ1n) is 11.2. The number of thiazole rings is 1. The van der Waals surface area contributed by atoms with Crippen molar-refractivity contribution in [3.05, 3.63) is 50.5 Å². The fraction of sp³-hybridized carbons (Fsp3) is 0.391. The third-order valence-electron chi connectivity index (χ3n) is 5.79. The number of carbonyl (C=O) groups excluding carboxylic acids is 2. The normalized spacial score (nSPS) is 17.8. The highest BCUT2D eigenvalue weighted by Crippen LogP contribution is 2.35. The summed E-state index contributed by atoms with van der Waals surface area (Å²) in [5.41, 5.74) is 0.901.